The number of carbonyl (C=O) groups excluding carboxylic acids is 1. The van der Waals surface area contributed by atoms with Crippen molar-refractivity contribution in [2.24, 2.45) is 0 Å². The van der Waals surface area contributed by atoms with E-state index in [0.29, 0.717) is 5.78 Å². The second-order valence-corrected chi connectivity index (χ2v) is 5.42. The topological polar surface area (TPSA) is 42.9 Å². The minimum Gasteiger partial charge on any atom is -0.298 e. The Balaban J connectivity index is 2.10. The molecule has 1 aliphatic carbocycles. The van der Waals surface area contributed by atoms with Crippen molar-refractivity contribution < 1.29 is 4.79 Å². The van der Waals surface area contributed by atoms with Crippen LogP contribution in [-0.2, 0) is 4.79 Å². The Morgan fingerprint density at radius 3 is 2.56 bits per heavy atom. The van der Waals surface area contributed by atoms with Gasteiger partial charge in [-0.2, -0.15) is 0 Å². The van der Waals surface area contributed by atoms with Gasteiger partial charge in [0.1, 0.15) is 5.78 Å². The first-order valence-corrected chi connectivity index (χ1v) is 6.55. The summed E-state index contributed by atoms with van der Waals surface area (Å²) >= 11 is 1.53. The van der Waals surface area contributed by atoms with E-state index >= 15 is 0 Å². The Hall–Kier alpha value is -0.900. The summed E-state index contributed by atoms with van der Waals surface area (Å²) in [5.74, 6) is 0.360. The van der Waals surface area contributed by atoms with E-state index in [0.717, 1.165) is 42.2 Å². The molecule has 0 aromatic carbocycles. The quantitative estimate of drug-likeness (QED) is 0.740. The maximum atomic E-state index is 11.7. The van der Waals surface area contributed by atoms with Crippen molar-refractivity contribution in [1.82, 2.24) is 9.97 Å². The van der Waals surface area contributed by atoms with Crippen LogP contribution in [0.15, 0.2) is 11.2 Å². The van der Waals surface area contributed by atoms with E-state index in [1.54, 1.807) is 0 Å². The molecule has 3 nitrogen and oxygen atoms in total. The van der Waals surface area contributed by atoms with Crippen LogP contribution in [0.3, 0.4) is 0 Å². The van der Waals surface area contributed by atoms with Crippen molar-refractivity contribution in [3.8, 4) is 0 Å². The Morgan fingerprint density at radius 2 is 1.94 bits per heavy atom. The van der Waals surface area contributed by atoms with Gasteiger partial charge in [0, 0.05) is 17.8 Å². The smallest absolute Gasteiger partial charge is 0.188 e. The van der Waals surface area contributed by atoms with Gasteiger partial charge in [-0.1, -0.05) is 18.2 Å². The van der Waals surface area contributed by atoms with E-state index in [2.05, 4.69) is 9.97 Å². The molecule has 86 valence electrons. The lowest BCUT2D eigenvalue weighted by Crippen LogP contribution is -2.21. The zero-order chi connectivity index (χ0) is 11.5. The molecule has 1 fully saturated rings. The van der Waals surface area contributed by atoms with Crippen LogP contribution in [0.2, 0.25) is 0 Å². The Labute approximate surface area is 100 Å². The number of carbonyl (C=O) groups is 1. The number of Topliss-reactive ketones (excluding diaryl/α,β-unsaturated/α-hetero) is 1. The van der Waals surface area contributed by atoms with Crippen molar-refractivity contribution in [2.75, 3.05) is 0 Å². The third-order valence-corrected chi connectivity index (χ3v) is 3.88. The molecule has 1 heterocycles. The fourth-order valence-corrected chi connectivity index (χ4v) is 3.13. The molecule has 1 atom stereocenters. The molecule has 0 spiro atoms. The van der Waals surface area contributed by atoms with Gasteiger partial charge in [-0.15, -0.1) is 0 Å². The predicted octanol–water partition coefficient (Wildman–Crippen LogP) is 2.70. The number of nitrogens with zero attached hydrogens (tertiary/aromatic N) is 2. The second-order valence-electron chi connectivity index (χ2n) is 4.25. The van der Waals surface area contributed by atoms with Gasteiger partial charge in [0.25, 0.3) is 0 Å². The number of ketones is 1. The minimum atomic E-state index is 0.0787. The summed E-state index contributed by atoms with van der Waals surface area (Å²) in [5.41, 5.74) is 1.94. The molecular weight excluding hydrogens is 220 g/mol. The monoisotopic (exact) mass is 236 g/mol. The second kappa shape index (κ2) is 4.95. The normalized spacial score (nSPS) is 21.1. The first kappa shape index (κ1) is 11.6. The largest absolute Gasteiger partial charge is 0.298 e. The fourth-order valence-electron chi connectivity index (χ4n) is 1.95. The molecule has 0 radical (unpaired) electrons. The summed E-state index contributed by atoms with van der Waals surface area (Å²) < 4.78 is 0. The lowest BCUT2D eigenvalue weighted by Gasteiger charge is -2.18. The summed E-state index contributed by atoms with van der Waals surface area (Å²) in [6.07, 6.45) is 3.89. The lowest BCUT2D eigenvalue weighted by atomic mass is 9.99. The molecule has 1 aromatic heterocycles. The van der Waals surface area contributed by atoms with Crippen LogP contribution in [0.1, 0.15) is 37.1 Å². The number of hydrogen-bond donors (Lipinski definition) is 0. The average molecular weight is 236 g/mol. The summed E-state index contributed by atoms with van der Waals surface area (Å²) in [6.45, 7) is 3.92. The molecule has 0 amide bonds. The molecule has 1 aliphatic rings. The molecule has 1 aromatic rings. The van der Waals surface area contributed by atoms with Crippen molar-refractivity contribution in [3.05, 3.63) is 17.5 Å². The minimum absolute atomic E-state index is 0.0787. The highest BCUT2D eigenvalue weighted by Gasteiger charge is 2.24. The highest BCUT2D eigenvalue weighted by Crippen LogP contribution is 2.29. The van der Waals surface area contributed by atoms with Crippen LogP contribution < -0.4 is 0 Å². The molecular formula is C12H16N2OS. The standard InChI is InChI=1S/C12H16N2OS/c1-8-7-9(2)14-12(13-8)16-11-6-4-3-5-10(11)15/h7,11H,3-6H2,1-2H3/t11-/m1/s1. The van der Waals surface area contributed by atoms with E-state index in [9.17, 15) is 4.79 Å². The van der Waals surface area contributed by atoms with Crippen molar-refractivity contribution in [1.29, 1.82) is 0 Å². The predicted molar refractivity (Wildman–Crippen MR) is 64.6 cm³/mol. The van der Waals surface area contributed by atoms with Crippen LogP contribution >= 0.6 is 11.8 Å². The van der Waals surface area contributed by atoms with Crippen LogP contribution in [0, 0.1) is 13.8 Å². The zero-order valence-corrected chi connectivity index (χ0v) is 10.5. The number of rotatable bonds is 2. The first-order valence-electron chi connectivity index (χ1n) is 5.67. The molecule has 4 heteroatoms. The van der Waals surface area contributed by atoms with Crippen LogP contribution in [0.4, 0.5) is 0 Å². The zero-order valence-electron chi connectivity index (χ0n) is 9.69. The SMILES string of the molecule is Cc1cc(C)nc(S[C@@H]2CCCCC2=O)n1. The molecule has 0 saturated heterocycles. The van der Waals surface area contributed by atoms with Crippen LogP contribution in [0.25, 0.3) is 0 Å². The first-order chi connectivity index (χ1) is 7.65. The van der Waals surface area contributed by atoms with Gasteiger partial charge in [0.2, 0.25) is 0 Å². The number of hydrogen-bond acceptors (Lipinski definition) is 4. The third-order valence-electron chi connectivity index (χ3n) is 2.71. The van der Waals surface area contributed by atoms with Gasteiger partial charge >= 0.3 is 0 Å². The molecule has 0 aliphatic heterocycles. The van der Waals surface area contributed by atoms with E-state index in [1.165, 1.54) is 11.8 Å². The van der Waals surface area contributed by atoms with Crippen molar-refractivity contribution >= 4 is 17.5 Å². The Kier molecular flexibility index (Phi) is 3.59. The van der Waals surface area contributed by atoms with Gasteiger partial charge in [0.15, 0.2) is 5.16 Å². The maximum absolute atomic E-state index is 11.7. The Morgan fingerprint density at radius 1 is 1.25 bits per heavy atom. The number of aryl methyl sites for hydroxylation is 2. The van der Waals surface area contributed by atoms with Gasteiger partial charge in [-0.25, -0.2) is 9.97 Å². The van der Waals surface area contributed by atoms with E-state index < -0.39 is 0 Å². The van der Waals surface area contributed by atoms with E-state index in [4.69, 9.17) is 0 Å². The maximum Gasteiger partial charge on any atom is 0.188 e. The number of thioether (sulfide) groups is 1. The van der Waals surface area contributed by atoms with Crippen molar-refractivity contribution in [2.45, 2.75) is 49.9 Å². The molecule has 1 saturated carbocycles. The average Bonchev–Trinajstić information content (AvgIpc) is 2.20. The molecule has 0 unspecified atom stereocenters. The van der Waals surface area contributed by atoms with Gasteiger partial charge in [-0.3, -0.25) is 4.79 Å². The highest BCUT2D eigenvalue weighted by molar-refractivity contribution is 8.00. The Bertz CT molecular complexity index is 386. The molecule has 16 heavy (non-hydrogen) atoms. The fraction of sp³-hybridized carbons (Fsp3) is 0.583. The molecule has 2 rings (SSSR count). The summed E-state index contributed by atoms with van der Waals surface area (Å²) in [6, 6.07) is 1.95. The number of aromatic nitrogens is 2. The van der Waals surface area contributed by atoms with Crippen molar-refractivity contribution in [3.63, 3.8) is 0 Å². The van der Waals surface area contributed by atoms with E-state index in [1.807, 2.05) is 19.9 Å². The highest BCUT2D eigenvalue weighted by atomic mass is 32.2. The summed E-state index contributed by atoms with van der Waals surface area (Å²) in [4.78, 5) is 20.4. The lowest BCUT2D eigenvalue weighted by molar-refractivity contribution is -0.119. The van der Waals surface area contributed by atoms with Crippen LogP contribution in [0.5, 0.6) is 0 Å². The van der Waals surface area contributed by atoms with Gasteiger partial charge in [-0.05, 0) is 32.8 Å². The van der Waals surface area contributed by atoms with Gasteiger partial charge in [0.05, 0.1) is 5.25 Å². The van der Waals surface area contributed by atoms with Crippen LogP contribution in [-0.4, -0.2) is 21.0 Å². The summed E-state index contributed by atoms with van der Waals surface area (Å²) in [7, 11) is 0. The van der Waals surface area contributed by atoms with E-state index in [-0.39, 0.29) is 5.25 Å². The summed E-state index contributed by atoms with van der Waals surface area (Å²) in [5, 5.41) is 0.827. The third kappa shape index (κ3) is 2.82. The molecule has 0 bridgehead atoms. The van der Waals surface area contributed by atoms with Gasteiger partial charge < -0.3 is 0 Å². The molecule has 0 N–H and O–H groups in total.